The maximum absolute atomic E-state index is 13.6. The Morgan fingerprint density at radius 2 is 1.89 bits per heavy atom. The number of nitrogens with one attached hydrogen (secondary N) is 2. The molecule has 2 N–H and O–H groups in total. The largest absolute Gasteiger partial charge is 0.491 e. The topological polar surface area (TPSA) is 62.8 Å². The average molecular weight is 504 g/mol. The first-order chi connectivity index (χ1) is 18.2. The summed E-state index contributed by atoms with van der Waals surface area (Å²) in [6, 6.07) is 12.6. The first-order valence-electron chi connectivity index (χ1n) is 14.5. The number of carbonyl (C=O) groups excluding carboxylic acids is 1. The summed E-state index contributed by atoms with van der Waals surface area (Å²) in [5, 5.41) is 7.38. The van der Waals surface area contributed by atoms with Crippen LogP contribution in [0.1, 0.15) is 75.0 Å². The molecule has 2 aromatic carbocycles. The standard InChI is InChI=1S/C31H41N3O3/c1-2-3-18-36-27-20-25-23(28-29(27)33-16-15-32-28)19-26-24-12-7-8-13-31(24,25)14-9-17-34(26)30(35)37-21-22-10-5-4-6-11-22/h4-6,10-11,20,24,26,32-33H,2-3,7-9,12-19,21H2,1H3/t24?,26-,31-/m0/s1. The van der Waals surface area contributed by atoms with Crippen LogP contribution in [0.3, 0.4) is 0 Å². The number of nitrogens with zero attached hydrogens (tertiary/aromatic N) is 1. The first-order valence-corrected chi connectivity index (χ1v) is 14.5. The van der Waals surface area contributed by atoms with Gasteiger partial charge >= 0.3 is 6.09 Å². The Labute approximate surface area is 221 Å². The van der Waals surface area contributed by atoms with Gasteiger partial charge in [0.1, 0.15) is 18.0 Å². The highest BCUT2D eigenvalue weighted by molar-refractivity contribution is 5.83. The van der Waals surface area contributed by atoms with Crippen LogP contribution in [0.4, 0.5) is 16.2 Å². The molecule has 0 radical (unpaired) electrons. The quantitative estimate of drug-likeness (QED) is 0.441. The van der Waals surface area contributed by atoms with Crippen molar-refractivity contribution in [1.29, 1.82) is 0 Å². The fourth-order valence-electron chi connectivity index (χ4n) is 7.59. The molecular formula is C31H41N3O3. The van der Waals surface area contributed by atoms with Gasteiger partial charge < -0.3 is 25.0 Å². The second-order valence-corrected chi connectivity index (χ2v) is 11.3. The Balaban J connectivity index is 1.37. The molecule has 2 aliphatic heterocycles. The number of carbonyl (C=O) groups is 1. The fraction of sp³-hybridized carbons (Fsp3) is 0.581. The van der Waals surface area contributed by atoms with Crippen molar-refractivity contribution in [2.75, 3.05) is 36.9 Å². The van der Waals surface area contributed by atoms with Crippen molar-refractivity contribution in [2.45, 2.75) is 82.8 Å². The zero-order chi connectivity index (χ0) is 25.2. The van der Waals surface area contributed by atoms with E-state index in [2.05, 4.69) is 28.5 Å². The molecule has 1 amide bonds. The van der Waals surface area contributed by atoms with E-state index >= 15 is 0 Å². The maximum atomic E-state index is 13.6. The molecule has 6 rings (SSSR count). The number of amides is 1. The zero-order valence-corrected chi connectivity index (χ0v) is 22.2. The lowest BCUT2D eigenvalue weighted by molar-refractivity contribution is 0.0443. The SMILES string of the molecule is CCCCOc1cc2c(c3c1NCCN3)C[C@H]1C3CCCC[C@@]23CCCN1C(=O)OCc1ccccc1. The summed E-state index contributed by atoms with van der Waals surface area (Å²) < 4.78 is 12.3. The summed E-state index contributed by atoms with van der Waals surface area (Å²) in [5.41, 5.74) is 6.36. The normalized spacial score (nSPS) is 25.9. The summed E-state index contributed by atoms with van der Waals surface area (Å²) in [4.78, 5) is 15.6. The van der Waals surface area contributed by atoms with Gasteiger partial charge in [0, 0.05) is 31.1 Å². The molecule has 2 fully saturated rings. The van der Waals surface area contributed by atoms with Gasteiger partial charge in [-0.05, 0) is 67.2 Å². The molecule has 4 aliphatic rings. The molecule has 1 saturated heterocycles. The Morgan fingerprint density at radius 1 is 1.08 bits per heavy atom. The predicted molar refractivity (Wildman–Crippen MR) is 148 cm³/mol. The van der Waals surface area contributed by atoms with Gasteiger partial charge in [0.25, 0.3) is 0 Å². The van der Waals surface area contributed by atoms with Crippen LogP contribution in [0.5, 0.6) is 5.75 Å². The van der Waals surface area contributed by atoms with Crippen molar-refractivity contribution in [2.24, 2.45) is 5.92 Å². The number of hydrogen-bond donors (Lipinski definition) is 2. The van der Waals surface area contributed by atoms with Crippen LogP contribution in [0.15, 0.2) is 36.4 Å². The highest BCUT2D eigenvalue weighted by Crippen LogP contribution is 2.58. The molecule has 2 aliphatic carbocycles. The number of anilines is 2. The van der Waals surface area contributed by atoms with Gasteiger partial charge in [-0.25, -0.2) is 4.79 Å². The maximum Gasteiger partial charge on any atom is 0.410 e. The van der Waals surface area contributed by atoms with E-state index < -0.39 is 0 Å². The van der Waals surface area contributed by atoms with Crippen molar-refractivity contribution in [3.8, 4) is 5.75 Å². The zero-order valence-electron chi connectivity index (χ0n) is 22.2. The Hall–Kier alpha value is -2.89. The third-order valence-corrected chi connectivity index (χ3v) is 9.26. The summed E-state index contributed by atoms with van der Waals surface area (Å²) in [6.07, 6.45) is 9.96. The van der Waals surface area contributed by atoms with Crippen LogP contribution in [0.25, 0.3) is 0 Å². The molecule has 2 heterocycles. The van der Waals surface area contributed by atoms with Crippen LogP contribution in [-0.2, 0) is 23.2 Å². The van der Waals surface area contributed by atoms with Gasteiger partial charge in [0.05, 0.1) is 12.3 Å². The molecular weight excluding hydrogens is 462 g/mol. The van der Waals surface area contributed by atoms with Gasteiger partial charge in [0.2, 0.25) is 0 Å². The van der Waals surface area contributed by atoms with Gasteiger partial charge in [-0.1, -0.05) is 56.5 Å². The van der Waals surface area contributed by atoms with Crippen molar-refractivity contribution < 1.29 is 14.3 Å². The average Bonchev–Trinajstić information content (AvgIpc) is 3.07. The summed E-state index contributed by atoms with van der Waals surface area (Å²) in [7, 11) is 0. The molecule has 1 saturated carbocycles. The number of fused-ring (bicyclic) bond motifs is 3. The lowest BCUT2D eigenvalue weighted by atomic mass is 9.54. The van der Waals surface area contributed by atoms with Crippen LogP contribution in [0.2, 0.25) is 0 Å². The van der Waals surface area contributed by atoms with Crippen molar-refractivity contribution in [1.82, 2.24) is 4.90 Å². The Kier molecular flexibility index (Phi) is 6.92. The van der Waals surface area contributed by atoms with Crippen LogP contribution < -0.4 is 15.4 Å². The molecule has 6 heteroatoms. The minimum absolute atomic E-state index is 0.113. The number of benzene rings is 2. The van der Waals surface area contributed by atoms with Crippen molar-refractivity contribution in [3.63, 3.8) is 0 Å². The van der Waals surface area contributed by atoms with E-state index in [0.717, 1.165) is 75.3 Å². The number of hydrogen-bond acceptors (Lipinski definition) is 5. The molecule has 0 aromatic heterocycles. The molecule has 1 unspecified atom stereocenters. The highest BCUT2D eigenvalue weighted by atomic mass is 16.6. The molecule has 2 bridgehead atoms. The smallest absolute Gasteiger partial charge is 0.410 e. The van der Waals surface area contributed by atoms with E-state index in [0.29, 0.717) is 12.5 Å². The molecule has 0 spiro atoms. The summed E-state index contributed by atoms with van der Waals surface area (Å²) in [6.45, 7) is 5.86. The van der Waals surface area contributed by atoms with Gasteiger partial charge in [0.15, 0.2) is 0 Å². The summed E-state index contributed by atoms with van der Waals surface area (Å²) >= 11 is 0. The van der Waals surface area contributed by atoms with E-state index in [4.69, 9.17) is 9.47 Å². The molecule has 3 atom stereocenters. The first kappa shape index (κ1) is 24.4. The van der Waals surface area contributed by atoms with Crippen molar-refractivity contribution >= 4 is 17.5 Å². The lowest BCUT2D eigenvalue weighted by Gasteiger charge is -2.53. The van der Waals surface area contributed by atoms with E-state index in [9.17, 15) is 4.79 Å². The van der Waals surface area contributed by atoms with Crippen molar-refractivity contribution in [3.05, 3.63) is 53.1 Å². The van der Waals surface area contributed by atoms with E-state index in [1.165, 1.54) is 42.5 Å². The second-order valence-electron chi connectivity index (χ2n) is 11.3. The third kappa shape index (κ3) is 4.42. The third-order valence-electron chi connectivity index (χ3n) is 9.26. The van der Waals surface area contributed by atoms with Gasteiger partial charge in [-0.15, -0.1) is 0 Å². The number of likely N-dealkylation sites (tertiary alicyclic amines) is 1. The number of unbranched alkanes of at least 4 members (excludes halogenated alkanes) is 1. The minimum atomic E-state index is -0.154. The summed E-state index contributed by atoms with van der Waals surface area (Å²) in [5.74, 6) is 1.48. The van der Waals surface area contributed by atoms with Crippen LogP contribution >= 0.6 is 0 Å². The second kappa shape index (κ2) is 10.5. The number of ether oxygens (including phenoxy) is 2. The molecule has 2 aromatic rings. The van der Waals surface area contributed by atoms with E-state index in [1.54, 1.807) is 0 Å². The molecule has 6 nitrogen and oxygen atoms in total. The van der Waals surface area contributed by atoms with Crippen LogP contribution in [0, 0.1) is 5.92 Å². The fourth-order valence-corrected chi connectivity index (χ4v) is 7.59. The highest BCUT2D eigenvalue weighted by Gasteiger charge is 2.54. The molecule has 37 heavy (non-hydrogen) atoms. The van der Waals surface area contributed by atoms with E-state index in [-0.39, 0.29) is 17.6 Å². The Morgan fingerprint density at radius 3 is 2.73 bits per heavy atom. The minimum Gasteiger partial charge on any atom is -0.491 e. The predicted octanol–water partition coefficient (Wildman–Crippen LogP) is 6.49. The van der Waals surface area contributed by atoms with Gasteiger partial charge in [-0.2, -0.15) is 0 Å². The van der Waals surface area contributed by atoms with E-state index in [1.807, 2.05) is 30.3 Å². The van der Waals surface area contributed by atoms with Gasteiger partial charge in [-0.3, -0.25) is 0 Å². The number of rotatable bonds is 6. The lowest BCUT2D eigenvalue weighted by Crippen LogP contribution is -2.55. The Bertz CT molecular complexity index is 1120. The monoisotopic (exact) mass is 503 g/mol. The molecule has 198 valence electrons. The van der Waals surface area contributed by atoms with Crippen LogP contribution in [-0.4, -0.2) is 43.3 Å².